The number of β-lactam (4-membered cyclic amide) rings is 1. The molecule has 1 atom stereocenters. The Bertz CT molecular complexity index is 1380. The van der Waals surface area contributed by atoms with Crippen LogP contribution in [0.15, 0.2) is 42.6 Å². The number of rotatable bonds is 8. The summed E-state index contributed by atoms with van der Waals surface area (Å²) >= 11 is 0. The highest BCUT2D eigenvalue weighted by Crippen LogP contribution is 2.28. The fourth-order valence-electron chi connectivity index (χ4n) is 4.14. The van der Waals surface area contributed by atoms with Crippen LogP contribution >= 0.6 is 0 Å². The topological polar surface area (TPSA) is 130 Å². The summed E-state index contributed by atoms with van der Waals surface area (Å²) in [5.41, 5.74) is 3.75. The van der Waals surface area contributed by atoms with Crippen molar-refractivity contribution in [3.8, 4) is 5.75 Å². The van der Waals surface area contributed by atoms with E-state index in [0.29, 0.717) is 41.6 Å². The normalized spacial score (nSPS) is 17.2. The van der Waals surface area contributed by atoms with Crippen molar-refractivity contribution in [2.75, 3.05) is 25.5 Å². The minimum absolute atomic E-state index is 0.0127. The zero-order valence-electron chi connectivity index (χ0n) is 20.1. The first kappa shape index (κ1) is 23.3. The molecule has 2 aliphatic heterocycles. The summed E-state index contributed by atoms with van der Waals surface area (Å²) in [5.74, 6) is -0.0551. The van der Waals surface area contributed by atoms with Crippen LogP contribution < -0.4 is 20.7 Å². The molecule has 2 aromatic heterocycles. The molecule has 5 rings (SSSR count). The number of nitrogens with one attached hydrogen (secondary N) is 3. The van der Waals surface area contributed by atoms with E-state index in [0.717, 1.165) is 24.1 Å². The maximum absolute atomic E-state index is 13.1. The number of anilines is 1. The quantitative estimate of drug-likeness (QED) is 0.410. The van der Waals surface area contributed by atoms with Gasteiger partial charge in [-0.1, -0.05) is 25.5 Å². The molecule has 11 heteroatoms. The van der Waals surface area contributed by atoms with Gasteiger partial charge in [0.25, 0.3) is 11.8 Å². The van der Waals surface area contributed by atoms with Gasteiger partial charge in [-0.2, -0.15) is 5.10 Å². The maximum Gasteiger partial charge on any atom is 0.270 e. The van der Waals surface area contributed by atoms with Crippen molar-refractivity contribution in [2.45, 2.75) is 32.4 Å². The summed E-state index contributed by atoms with van der Waals surface area (Å²) in [6.07, 6.45) is 5.38. The van der Waals surface area contributed by atoms with Crippen LogP contribution in [0.5, 0.6) is 5.75 Å². The highest BCUT2D eigenvalue weighted by Gasteiger charge is 2.35. The number of aromatic nitrogens is 3. The van der Waals surface area contributed by atoms with Crippen molar-refractivity contribution >= 4 is 34.8 Å². The number of benzene rings is 1. The van der Waals surface area contributed by atoms with Crippen molar-refractivity contribution in [3.05, 3.63) is 59.6 Å². The monoisotopic (exact) mass is 489 g/mol. The summed E-state index contributed by atoms with van der Waals surface area (Å²) in [5, 5.41) is 13.3. The minimum Gasteiger partial charge on any atom is -0.482 e. The number of amides is 3. The first-order valence-electron chi connectivity index (χ1n) is 11.8. The molecule has 3 amide bonds. The van der Waals surface area contributed by atoms with Crippen molar-refractivity contribution in [1.29, 1.82) is 0 Å². The molecule has 11 nitrogen and oxygen atoms in total. The zero-order chi connectivity index (χ0) is 25.2. The third kappa shape index (κ3) is 4.59. The molecule has 3 aromatic rings. The lowest BCUT2D eigenvalue weighted by Gasteiger charge is -2.35. The molecule has 1 fully saturated rings. The molecule has 0 bridgehead atoms. The fourth-order valence-corrected chi connectivity index (χ4v) is 4.14. The number of hydrogen-bond donors (Lipinski definition) is 3. The third-order valence-electron chi connectivity index (χ3n) is 6.10. The second-order valence-electron chi connectivity index (χ2n) is 8.80. The number of allylic oxidation sites excluding steroid dienone is 1. The Labute approximate surface area is 207 Å². The Balaban J connectivity index is 1.40. The van der Waals surface area contributed by atoms with Crippen molar-refractivity contribution in [3.63, 3.8) is 0 Å². The van der Waals surface area contributed by atoms with Crippen LogP contribution in [0.2, 0.25) is 0 Å². The van der Waals surface area contributed by atoms with Crippen molar-refractivity contribution in [2.24, 2.45) is 0 Å². The number of likely N-dealkylation sites (N-methyl/N-ethyl adjacent to an activating group) is 1. The Morgan fingerprint density at radius 2 is 2.14 bits per heavy atom. The van der Waals surface area contributed by atoms with Gasteiger partial charge in [-0.15, -0.1) is 0 Å². The fraction of sp³-hybridized carbons (Fsp3) is 0.320. The van der Waals surface area contributed by atoms with Crippen LogP contribution in [0.1, 0.15) is 41.5 Å². The lowest BCUT2D eigenvalue weighted by atomic mass is 10.1. The van der Waals surface area contributed by atoms with Crippen molar-refractivity contribution in [1.82, 2.24) is 30.1 Å². The van der Waals surface area contributed by atoms with E-state index in [4.69, 9.17) is 9.72 Å². The van der Waals surface area contributed by atoms with Crippen molar-refractivity contribution < 1.29 is 19.1 Å². The largest absolute Gasteiger partial charge is 0.482 e. The first-order chi connectivity index (χ1) is 17.4. The minimum atomic E-state index is -0.536. The average molecular weight is 490 g/mol. The van der Waals surface area contributed by atoms with Gasteiger partial charge in [0.2, 0.25) is 5.91 Å². The Kier molecular flexibility index (Phi) is 6.28. The predicted octanol–water partition coefficient (Wildman–Crippen LogP) is 1.56. The van der Waals surface area contributed by atoms with Crippen LogP contribution in [0.3, 0.4) is 0 Å². The SMILES string of the molecule is CCC/C=C(/NCc1ccc2c(c1)NC(=O)CO2)c1cc(C(=O)N[C@H]2CN(C)C2=O)n2nccc2n1. The number of hydrogen-bond acceptors (Lipinski definition) is 7. The van der Waals surface area contributed by atoms with Crippen LogP contribution in [-0.4, -0.2) is 63.5 Å². The Morgan fingerprint density at radius 3 is 2.92 bits per heavy atom. The van der Waals surface area contributed by atoms with Crippen LogP contribution in [-0.2, 0) is 16.1 Å². The second kappa shape index (κ2) is 9.68. The Hall–Kier alpha value is -4.41. The van der Waals surface area contributed by atoms with Gasteiger partial charge >= 0.3 is 0 Å². The molecule has 0 unspecified atom stereocenters. The number of unbranched alkanes of at least 4 members (excludes halogenated alkanes) is 1. The highest BCUT2D eigenvalue weighted by atomic mass is 16.5. The summed E-state index contributed by atoms with van der Waals surface area (Å²) < 4.78 is 6.90. The van der Waals surface area contributed by atoms with Crippen LogP contribution in [0.4, 0.5) is 5.69 Å². The van der Waals surface area contributed by atoms with Gasteiger partial charge in [-0.3, -0.25) is 14.4 Å². The molecular formula is C25H27N7O4. The van der Waals surface area contributed by atoms with E-state index in [1.165, 1.54) is 4.52 Å². The number of fused-ring (bicyclic) bond motifs is 2. The molecule has 3 N–H and O–H groups in total. The van der Waals surface area contributed by atoms with E-state index in [9.17, 15) is 14.4 Å². The summed E-state index contributed by atoms with van der Waals surface area (Å²) in [6, 6.07) is 8.50. The zero-order valence-corrected chi connectivity index (χ0v) is 20.1. The van der Waals surface area contributed by atoms with E-state index in [-0.39, 0.29) is 24.3 Å². The van der Waals surface area contributed by atoms with Gasteiger partial charge in [0.1, 0.15) is 17.5 Å². The molecule has 4 heterocycles. The van der Waals surface area contributed by atoms with E-state index < -0.39 is 6.04 Å². The lowest BCUT2D eigenvalue weighted by molar-refractivity contribution is -0.141. The van der Waals surface area contributed by atoms with Gasteiger partial charge in [0.15, 0.2) is 12.3 Å². The summed E-state index contributed by atoms with van der Waals surface area (Å²) in [4.78, 5) is 43.0. The highest BCUT2D eigenvalue weighted by molar-refractivity contribution is 5.99. The molecule has 36 heavy (non-hydrogen) atoms. The second-order valence-corrected chi connectivity index (χ2v) is 8.80. The number of likely N-dealkylation sites (tertiary alicyclic amines) is 1. The molecule has 0 aliphatic carbocycles. The molecule has 186 valence electrons. The van der Waals surface area contributed by atoms with E-state index in [2.05, 4.69) is 28.0 Å². The molecule has 1 saturated heterocycles. The molecule has 0 radical (unpaired) electrons. The molecule has 0 saturated carbocycles. The molecular weight excluding hydrogens is 462 g/mol. The third-order valence-corrected chi connectivity index (χ3v) is 6.10. The lowest BCUT2D eigenvalue weighted by Crippen LogP contribution is -2.62. The molecule has 1 aromatic carbocycles. The number of nitrogens with zero attached hydrogens (tertiary/aromatic N) is 4. The average Bonchev–Trinajstić information content (AvgIpc) is 3.36. The standard InChI is InChI=1S/C25H27N7O4/c1-3-4-5-16(26-12-15-6-7-21-18(10-15)29-23(33)14-36-21)17-11-20(32-22(28-17)8-9-27-32)24(34)30-19-13-31(2)25(19)35/h5-11,19,26H,3-4,12-14H2,1-2H3,(H,29,33)(H,30,34)/b16-5+/t19-/m0/s1. The number of carbonyl (C=O) groups excluding carboxylic acids is 3. The molecule has 2 aliphatic rings. The summed E-state index contributed by atoms with van der Waals surface area (Å²) in [7, 11) is 1.70. The Morgan fingerprint density at radius 1 is 1.28 bits per heavy atom. The van der Waals surface area contributed by atoms with Gasteiger partial charge in [-0.05, 0) is 30.2 Å². The smallest absolute Gasteiger partial charge is 0.270 e. The number of ether oxygens (including phenoxy) is 1. The van der Waals surface area contributed by atoms with E-state index in [1.54, 1.807) is 30.3 Å². The van der Waals surface area contributed by atoms with Crippen LogP contribution in [0.25, 0.3) is 11.3 Å². The van der Waals surface area contributed by atoms with Gasteiger partial charge in [0, 0.05) is 26.2 Å². The summed E-state index contributed by atoms with van der Waals surface area (Å²) in [6.45, 7) is 3.04. The maximum atomic E-state index is 13.1. The predicted molar refractivity (Wildman–Crippen MR) is 132 cm³/mol. The van der Waals surface area contributed by atoms with Gasteiger partial charge < -0.3 is 25.6 Å². The van der Waals surface area contributed by atoms with Gasteiger partial charge in [0.05, 0.1) is 23.3 Å². The van der Waals surface area contributed by atoms with E-state index >= 15 is 0 Å². The van der Waals surface area contributed by atoms with E-state index in [1.807, 2.05) is 24.3 Å². The molecule has 0 spiro atoms. The first-order valence-corrected chi connectivity index (χ1v) is 11.8. The number of carbonyl (C=O) groups is 3. The van der Waals surface area contributed by atoms with Gasteiger partial charge in [-0.25, -0.2) is 9.50 Å². The van der Waals surface area contributed by atoms with Crippen LogP contribution in [0, 0.1) is 0 Å².